The van der Waals surface area contributed by atoms with Crippen LogP contribution < -0.4 is 0 Å². The first-order chi connectivity index (χ1) is 12.3. The number of hydrogen-bond donors (Lipinski definition) is 0. The van der Waals surface area contributed by atoms with Gasteiger partial charge < -0.3 is 9.09 Å². The Morgan fingerprint density at radius 2 is 1.96 bits per heavy atom. The van der Waals surface area contributed by atoms with Gasteiger partial charge in [-0.2, -0.15) is 10.1 Å². The summed E-state index contributed by atoms with van der Waals surface area (Å²) in [5, 5.41) is 8.32. The Labute approximate surface area is 144 Å². The van der Waals surface area contributed by atoms with E-state index in [1.54, 1.807) is 12.4 Å². The van der Waals surface area contributed by atoms with Crippen molar-refractivity contribution in [3.63, 3.8) is 0 Å². The molecule has 4 aromatic rings. The molecule has 0 N–H and O–H groups in total. The molecular weight excluding hydrogens is 316 g/mol. The van der Waals surface area contributed by atoms with E-state index < -0.39 is 0 Å². The highest BCUT2D eigenvalue weighted by molar-refractivity contribution is 5.60. The van der Waals surface area contributed by atoms with E-state index in [0.29, 0.717) is 24.8 Å². The number of benzene rings is 1. The van der Waals surface area contributed by atoms with Gasteiger partial charge in [0.2, 0.25) is 5.89 Å². The predicted molar refractivity (Wildman–Crippen MR) is 91.8 cm³/mol. The fourth-order valence-electron chi connectivity index (χ4n) is 2.78. The van der Waals surface area contributed by atoms with Crippen molar-refractivity contribution in [2.75, 3.05) is 0 Å². The zero-order valence-corrected chi connectivity index (χ0v) is 13.9. The molecule has 0 atom stereocenters. The Hall–Kier alpha value is -3.22. The van der Waals surface area contributed by atoms with Gasteiger partial charge in [0.25, 0.3) is 0 Å². The lowest BCUT2D eigenvalue weighted by Gasteiger charge is -2.11. The standard InChI is InChI=1S/C18H18N6O/c1-2-17-21-16(22-25-17)13-23-11-9-19-18(23)15-7-4-3-6-14(15)12-24-10-5-8-20-24/h3-11H,2,12-13H2,1H3. The quantitative estimate of drug-likeness (QED) is 0.542. The Kier molecular flexibility index (Phi) is 4.12. The third kappa shape index (κ3) is 3.21. The van der Waals surface area contributed by atoms with E-state index in [0.717, 1.165) is 23.4 Å². The smallest absolute Gasteiger partial charge is 0.226 e. The van der Waals surface area contributed by atoms with Gasteiger partial charge >= 0.3 is 0 Å². The Balaban J connectivity index is 1.66. The lowest BCUT2D eigenvalue weighted by Crippen LogP contribution is -2.06. The molecule has 0 amide bonds. The van der Waals surface area contributed by atoms with Crippen molar-refractivity contribution in [1.82, 2.24) is 29.5 Å². The van der Waals surface area contributed by atoms with Crippen LogP contribution in [0, 0.1) is 0 Å². The average molecular weight is 334 g/mol. The summed E-state index contributed by atoms with van der Waals surface area (Å²) in [5.74, 6) is 2.18. The van der Waals surface area contributed by atoms with Crippen LogP contribution in [-0.4, -0.2) is 29.5 Å². The molecule has 3 aromatic heterocycles. The van der Waals surface area contributed by atoms with Gasteiger partial charge in [0.15, 0.2) is 5.82 Å². The predicted octanol–water partition coefficient (Wildman–Crippen LogP) is 2.79. The Bertz CT molecular complexity index is 954. The Morgan fingerprint density at radius 1 is 1.04 bits per heavy atom. The first kappa shape index (κ1) is 15.3. The van der Waals surface area contributed by atoms with Crippen molar-refractivity contribution in [2.45, 2.75) is 26.4 Å². The van der Waals surface area contributed by atoms with Crippen molar-refractivity contribution in [3.8, 4) is 11.4 Å². The van der Waals surface area contributed by atoms with Crippen LogP contribution in [0.1, 0.15) is 24.2 Å². The van der Waals surface area contributed by atoms with Gasteiger partial charge in [-0.25, -0.2) is 4.98 Å². The minimum absolute atomic E-state index is 0.523. The highest BCUT2D eigenvalue weighted by atomic mass is 16.5. The van der Waals surface area contributed by atoms with Crippen molar-refractivity contribution >= 4 is 0 Å². The zero-order valence-electron chi connectivity index (χ0n) is 13.9. The SMILES string of the molecule is CCc1nc(Cn2ccnc2-c2ccccc2Cn2cccn2)no1. The molecule has 3 heterocycles. The van der Waals surface area contributed by atoms with Gasteiger partial charge in [-0.3, -0.25) is 4.68 Å². The minimum atomic E-state index is 0.523. The molecule has 0 aliphatic rings. The fraction of sp³-hybridized carbons (Fsp3) is 0.222. The number of aromatic nitrogens is 6. The molecule has 7 nitrogen and oxygen atoms in total. The number of hydrogen-bond acceptors (Lipinski definition) is 5. The van der Waals surface area contributed by atoms with E-state index >= 15 is 0 Å². The molecule has 7 heteroatoms. The zero-order chi connectivity index (χ0) is 17.1. The Morgan fingerprint density at radius 3 is 2.76 bits per heavy atom. The van der Waals surface area contributed by atoms with E-state index in [1.807, 2.05) is 46.8 Å². The number of nitrogens with zero attached hydrogens (tertiary/aromatic N) is 6. The molecule has 0 saturated carbocycles. The second kappa shape index (κ2) is 6.72. The molecule has 1 aromatic carbocycles. The molecule has 0 unspecified atom stereocenters. The summed E-state index contributed by atoms with van der Waals surface area (Å²) in [6.07, 6.45) is 8.19. The van der Waals surface area contributed by atoms with E-state index in [4.69, 9.17) is 4.52 Å². The van der Waals surface area contributed by atoms with Crippen LogP contribution >= 0.6 is 0 Å². The van der Waals surface area contributed by atoms with Crippen LogP contribution in [0.15, 0.2) is 59.6 Å². The highest BCUT2D eigenvalue weighted by Crippen LogP contribution is 2.23. The maximum absolute atomic E-state index is 5.20. The summed E-state index contributed by atoms with van der Waals surface area (Å²) < 4.78 is 9.13. The summed E-state index contributed by atoms with van der Waals surface area (Å²) in [7, 11) is 0. The first-order valence-corrected chi connectivity index (χ1v) is 8.22. The summed E-state index contributed by atoms with van der Waals surface area (Å²) in [5.41, 5.74) is 2.23. The lowest BCUT2D eigenvalue weighted by atomic mass is 10.1. The van der Waals surface area contributed by atoms with Gasteiger partial charge in [0, 0.05) is 36.8 Å². The van der Waals surface area contributed by atoms with Crippen molar-refractivity contribution < 1.29 is 4.52 Å². The number of aryl methyl sites for hydroxylation is 1. The molecule has 0 aliphatic heterocycles. The maximum Gasteiger partial charge on any atom is 0.226 e. The molecule has 126 valence electrons. The fourth-order valence-corrected chi connectivity index (χ4v) is 2.78. The third-order valence-corrected chi connectivity index (χ3v) is 3.99. The summed E-state index contributed by atoms with van der Waals surface area (Å²) >= 11 is 0. The molecule has 0 bridgehead atoms. The van der Waals surface area contributed by atoms with Crippen LogP contribution in [0.5, 0.6) is 0 Å². The van der Waals surface area contributed by atoms with Crippen LogP contribution in [0.4, 0.5) is 0 Å². The van der Waals surface area contributed by atoms with E-state index in [2.05, 4.69) is 32.4 Å². The molecule has 25 heavy (non-hydrogen) atoms. The van der Waals surface area contributed by atoms with Crippen molar-refractivity contribution in [1.29, 1.82) is 0 Å². The van der Waals surface area contributed by atoms with Crippen LogP contribution in [0.3, 0.4) is 0 Å². The lowest BCUT2D eigenvalue weighted by molar-refractivity contribution is 0.375. The van der Waals surface area contributed by atoms with Gasteiger partial charge in [-0.05, 0) is 11.6 Å². The summed E-state index contributed by atoms with van der Waals surface area (Å²) in [4.78, 5) is 8.93. The largest absolute Gasteiger partial charge is 0.339 e. The highest BCUT2D eigenvalue weighted by Gasteiger charge is 2.13. The normalized spacial score (nSPS) is 11.1. The third-order valence-electron chi connectivity index (χ3n) is 3.99. The summed E-state index contributed by atoms with van der Waals surface area (Å²) in [6, 6.07) is 10.1. The minimum Gasteiger partial charge on any atom is -0.339 e. The van der Waals surface area contributed by atoms with Gasteiger partial charge in [0.05, 0.1) is 13.1 Å². The molecule has 0 radical (unpaired) electrons. The molecular formula is C18H18N6O. The number of imidazole rings is 1. The summed E-state index contributed by atoms with van der Waals surface area (Å²) in [6.45, 7) is 3.21. The van der Waals surface area contributed by atoms with Crippen LogP contribution in [-0.2, 0) is 19.5 Å². The van der Waals surface area contributed by atoms with E-state index in [1.165, 1.54) is 0 Å². The number of rotatable bonds is 6. The second-order valence-electron chi connectivity index (χ2n) is 5.70. The molecule has 0 spiro atoms. The van der Waals surface area contributed by atoms with E-state index in [9.17, 15) is 0 Å². The molecule has 0 fully saturated rings. The van der Waals surface area contributed by atoms with E-state index in [-0.39, 0.29) is 0 Å². The van der Waals surface area contributed by atoms with Crippen LogP contribution in [0.25, 0.3) is 11.4 Å². The molecule has 4 rings (SSSR count). The van der Waals surface area contributed by atoms with Gasteiger partial charge in [0.1, 0.15) is 5.82 Å². The average Bonchev–Trinajstić information content (AvgIpc) is 3.38. The second-order valence-corrected chi connectivity index (χ2v) is 5.70. The van der Waals surface area contributed by atoms with Gasteiger partial charge in [-0.1, -0.05) is 36.3 Å². The maximum atomic E-state index is 5.20. The van der Waals surface area contributed by atoms with Crippen LogP contribution in [0.2, 0.25) is 0 Å². The van der Waals surface area contributed by atoms with Crippen molar-refractivity contribution in [3.05, 3.63) is 72.4 Å². The topological polar surface area (TPSA) is 74.6 Å². The monoisotopic (exact) mass is 334 g/mol. The van der Waals surface area contributed by atoms with Gasteiger partial charge in [-0.15, -0.1) is 0 Å². The molecule has 0 aliphatic carbocycles. The molecule has 0 saturated heterocycles. The first-order valence-electron chi connectivity index (χ1n) is 8.22. The van der Waals surface area contributed by atoms with Crippen molar-refractivity contribution in [2.24, 2.45) is 0 Å².